The molecule has 0 amide bonds. The minimum atomic E-state index is 0.269. The van der Waals surface area contributed by atoms with Gasteiger partial charge in [-0.25, -0.2) is 4.99 Å². The third-order valence-corrected chi connectivity index (χ3v) is 5.06. The number of unbranched alkanes of at least 4 members (excludes halogenated alkanes) is 4. The topological polar surface area (TPSA) is 56.9 Å². The first-order valence-corrected chi connectivity index (χ1v) is 10.5. The van der Waals surface area contributed by atoms with Crippen LogP contribution in [0, 0.1) is 12.8 Å². The van der Waals surface area contributed by atoms with Crippen LogP contribution in [0.4, 0.5) is 0 Å². The van der Waals surface area contributed by atoms with E-state index < -0.39 is 0 Å². The van der Waals surface area contributed by atoms with Gasteiger partial charge in [0.2, 0.25) is 5.90 Å². The first-order chi connectivity index (χ1) is 13.6. The van der Waals surface area contributed by atoms with Crippen LogP contribution in [0.25, 0.3) is 0 Å². The molecule has 2 heterocycles. The fraction of sp³-hybridized carbons (Fsp3) is 0.565. The molecule has 1 aromatic carbocycles. The van der Waals surface area contributed by atoms with Crippen molar-refractivity contribution in [2.24, 2.45) is 10.9 Å². The summed E-state index contributed by atoms with van der Waals surface area (Å²) in [6.45, 7) is 7.75. The van der Waals surface area contributed by atoms with Crippen molar-refractivity contribution in [3.8, 4) is 5.75 Å². The van der Waals surface area contributed by atoms with E-state index >= 15 is 0 Å². The second kappa shape index (κ2) is 10.3. The number of ether oxygens (including phenoxy) is 2. The van der Waals surface area contributed by atoms with Crippen LogP contribution in [0.5, 0.6) is 5.75 Å². The Kier molecular flexibility index (Phi) is 7.52. The van der Waals surface area contributed by atoms with Gasteiger partial charge in [-0.1, -0.05) is 38.3 Å². The monoisotopic (exact) mass is 384 g/mol. The van der Waals surface area contributed by atoms with E-state index in [9.17, 15) is 0 Å². The van der Waals surface area contributed by atoms with Crippen LogP contribution in [0.2, 0.25) is 0 Å². The van der Waals surface area contributed by atoms with Crippen LogP contribution >= 0.6 is 0 Å². The Bertz CT molecular complexity index is 749. The number of rotatable bonds is 11. The summed E-state index contributed by atoms with van der Waals surface area (Å²) in [5, 5.41) is 3.92. The van der Waals surface area contributed by atoms with Gasteiger partial charge in [0.25, 0.3) is 0 Å². The van der Waals surface area contributed by atoms with Crippen LogP contribution < -0.4 is 4.74 Å². The lowest BCUT2D eigenvalue weighted by molar-refractivity contribution is 0.291. The van der Waals surface area contributed by atoms with Crippen molar-refractivity contribution in [3.63, 3.8) is 0 Å². The van der Waals surface area contributed by atoms with Gasteiger partial charge in [-0.05, 0) is 49.9 Å². The fourth-order valence-corrected chi connectivity index (χ4v) is 3.24. The van der Waals surface area contributed by atoms with Crippen LogP contribution in [0.15, 0.2) is 39.8 Å². The molecule has 0 aliphatic carbocycles. The zero-order valence-corrected chi connectivity index (χ0v) is 17.3. The van der Waals surface area contributed by atoms with Crippen molar-refractivity contribution in [2.75, 3.05) is 13.2 Å². The highest BCUT2D eigenvalue weighted by Gasteiger charge is 2.22. The molecule has 0 saturated heterocycles. The van der Waals surface area contributed by atoms with Crippen molar-refractivity contribution < 1.29 is 14.0 Å². The van der Waals surface area contributed by atoms with E-state index in [2.05, 4.69) is 24.0 Å². The van der Waals surface area contributed by atoms with Gasteiger partial charge in [-0.2, -0.15) is 0 Å². The van der Waals surface area contributed by atoms with E-state index in [-0.39, 0.29) is 6.04 Å². The Morgan fingerprint density at radius 3 is 2.50 bits per heavy atom. The lowest BCUT2D eigenvalue weighted by Gasteiger charge is -2.07. The highest BCUT2D eigenvalue weighted by molar-refractivity contribution is 5.95. The van der Waals surface area contributed by atoms with E-state index in [0.717, 1.165) is 54.5 Å². The minimum Gasteiger partial charge on any atom is -0.494 e. The Labute approximate surface area is 168 Å². The SMILES string of the molecule is Cc1cc(CCCCCCCOc2ccc(C3=N[C@@H](C(C)C)CO3)cc2)on1. The fourth-order valence-electron chi connectivity index (χ4n) is 3.24. The summed E-state index contributed by atoms with van der Waals surface area (Å²) in [5.74, 6) is 3.17. The Morgan fingerprint density at radius 2 is 1.82 bits per heavy atom. The lowest BCUT2D eigenvalue weighted by Crippen LogP contribution is -2.13. The smallest absolute Gasteiger partial charge is 0.216 e. The van der Waals surface area contributed by atoms with Gasteiger partial charge in [0.1, 0.15) is 18.1 Å². The average molecular weight is 385 g/mol. The summed E-state index contributed by atoms with van der Waals surface area (Å²) in [6, 6.07) is 10.4. The highest BCUT2D eigenvalue weighted by Crippen LogP contribution is 2.20. The first-order valence-electron chi connectivity index (χ1n) is 10.5. The number of aliphatic imine (C=N–C) groups is 1. The molecular weight excluding hydrogens is 352 g/mol. The van der Waals surface area contributed by atoms with E-state index in [1.807, 2.05) is 37.3 Å². The number of benzene rings is 1. The predicted octanol–water partition coefficient (Wildman–Crippen LogP) is 5.36. The Morgan fingerprint density at radius 1 is 1.07 bits per heavy atom. The maximum absolute atomic E-state index is 5.86. The Hall–Kier alpha value is -2.30. The molecule has 5 nitrogen and oxygen atoms in total. The molecular formula is C23H32N2O3. The van der Waals surface area contributed by atoms with E-state index in [4.69, 9.17) is 14.0 Å². The lowest BCUT2D eigenvalue weighted by atomic mass is 10.1. The number of nitrogens with zero attached hydrogens (tertiary/aromatic N) is 2. The van der Waals surface area contributed by atoms with Gasteiger partial charge in [-0.3, -0.25) is 0 Å². The quantitative estimate of drug-likeness (QED) is 0.490. The van der Waals surface area contributed by atoms with Crippen LogP contribution in [0.1, 0.15) is 63.0 Å². The molecule has 1 atom stereocenters. The summed E-state index contributed by atoms with van der Waals surface area (Å²) in [5.41, 5.74) is 1.99. The maximum atomic E-state index is 5.86. The zero-order chi connectivity index (χ0) is 19.8. The van der Waals surface area contributed by atoms with Crippen molar-refractivity contribution in [1.82, 2.24) is 5.16 Å². The molecule has 1 aliphatic rings. The zero-order valence-electron chi connectivity index (χ0n) is 17.3. The molecule has 0 unspecified atom stereocenters. The normalized spacial score (nSPS) is 16.3. The predicted molar refractivity (Wildman–Crippen MR) is 111 cm³/mol. The van der Waals surface area contributed by atoms with Gasteiger partial charge in [0.05, 0.1) is 18.3 Å². The molecule has 5 heteroatoms. The summed E-state index contributed by atoms with van der Waals surface area (Å²) in [4.78, 5) is 4.66. The van der Waals surface area contributed by atoms with Gasteiger partial charge in [0.15, 0.2) is 0 Å². The summed E-state index contributed by atoms with van der Waals surface area (Å²) < 4.78 is 16.8. The minimum absolute atomic E-state index is 0.269. The number of hydrogen-bond donors (Lipinski definition) is 0. The van der Waals surface area contributed by atoms with Crippen molar-refractivity contribution in [2.45, 2.75) is 65.3 Å². The third-order valence-electron chi connectivity index (χ3n) is 5.06. The van der Waals surface area contributed by atoms with Crippen LogP contribution in [-0.4, -0.2) is 30.3 Å². The molecule has 0 radical (unpaired) electrons. The summed E-state index contributed by atoms with van der Waals surface area (Å²) in [7, 11) is 0. The number of aromatic nitrogens is 1. The molecule has 28 heavy (non-hydrogen) atoms. The molecule has 1 aliphatic heterocycles. The van der Waals surface area contributed by atoms with Crippen LogP contribution in [-0.2, 0) is 11.2 Å². The highest BCUT2D eigenvalue weighted by atomic mass is 16.5. The molecule has 0 bridgehead atoms. The molecule has 0 N–H and O–H groups in total. The number of aryl methyl sites for hydroxylation is 2. The van der Waals surface area contributed by atoms with Gasteiger partial charge < -0.3 is 14.0 Å². The molecule has 152 valence electrons. The molecule has 1 aromatic heterocycles. The average Bonchev–Trinajstić information content (AvgIpc) is 3.34. The molecule has 0 fully saturated rings. The van der Waals surface area contributed by atoms with Crippen molar-refractivity contribution in [3.05, 3.63) is 47.3 Å². The summed E-state index contributed by atoms with van der Waals surface area (Å²) in [6.07, 6.45) is 6.85. The van der Waals surface area contributed by atoms with E-state index in [1.54, 1.807) is 0 Å². The molecule has 0 saturated carbocycles. The van der Waals surface area contributed by atoms with Gasteiger partial charge in [0, 0.05) is 18.1 Å². The van der Waals surface area contributed by atoms with E-state index in [0.29, 0.717) is 12.5 Å². The summed E-state index contributed by atoms with van der Waals surface area (Å²) >= 11 is 0. The van der Waals surface area contributed by atoms with Crippen molar-refractivity contribution >= 4 is 5.90 Å². The second-order valence-electron chi connectivity index (χ2n) is 7.88. The van der Waals surface area contributed by atoms with Gasteiger partial charge in [-0.15, -0.1) is 0 Å². The van der Waals surface area contributed by atoms with Crippen LogP contribution in [0.3, 0.4) is 0 Å². The second-order valence-corrected chi connectivity index (χ2v) is 7.88. The Balaban J connectivity index is 1.28. The standard InChI is InChI=1S/C23H32N2O3/c1-17(2)22-16-27-23(24-22)19-10-12-20(13-11-19)26-14-8-6-4-5-7-9-21-15-18(3)25-28-21/h10-13,15,17,22H,4-9,14,16H2,1-3H3/t22-/m1/s1. The van der Waals surface area contributed by atoms with E-state index in [1.165, 1.54) is 19.3 Å². The first kappa shape index (κ1) is 20.4. The molecule has 0 spiro atoms. The number of hydrogen-bond acceptors (Lipinski definition) is 5. The third kappa shape index (κ3) is 6.11. The maximum Gasteiger partial charge on any atom is 0.216 e. The van der Waals surface area contributed by atoms with Crippen molar-refractivity contribution in [1.29, 1.82) is 0 Å². The van der Waals surface area contributed by atoms with Gasteiger partial charge >= 0.3 is 0 Å². The molecule has 3 rings (SSSR count). The largest absolute Gasteiger partial charge is 0.494 e. The molecule has 2 aromatic rings.